The fraction of sp³-hybridized carbons (Fsp3) is 0.636. The van der Waals surface area contributed by atoms with Crippen molar-refractivity contribution < 1.29 is 0 Å². The molecule has 1 aliphatic rings. The average Bonchev–Trinajstić information content (AvgIpc) is 2.89. The summed E-state index contributed by atoms with van der Waals surface area (Å²) in [6.45, 7) is 0.635. The summed E-state index contributed by atoms with van der Waals surface area (Å²) in [6.07, 6.45) is 7.97. The summed E-state index contributed by atoms with van der Waals surface area (Å²) in [5.74, 6) is 2.49. The average molecular weight is 219 g/mol. The van der Waals surface area contributed by atoms with Gasteiger partial charge in [0.05, 0.1) is 11.9 Å². The summed E-state index contributed by atoms with van der Waals surface area (Å²) in [5.41, 5.74) is 6.51. The number of nitrogens with two attached hydrogens (primary N) is 1. The first-order valence-electron chi connectivity index (χ1n) is 6.01. The minimum Gasteiger partial charge on any atom is -0.330 e. The van der Waals surface area contributed by atoms with Crippen LogP contribution in [-0.2, 0) is 6.42 Å². The Morgan fingerprint density at radius 2 is 2.19 bits per heavy atom. The zero-order chi connectivity index (χ0) is 11.0. The number of rotatable bonds is 3. The topological polar surface area (TPSA) is 72.0 Å². The van der Waals surface area contributed by atoms with Crippen LogP contribution in [-0.4, -0.2) is 26.1 Å². The minimum absolute atomic E-state index is 0.611. The van der Waals surface area contributed by atoms with Crippen LogP contribution in [0.4, 0.5) is 0 Å². The smallest absolute Gasteiger partial charge is 0.250 e. The van der Waals surface area contributed by atoms with Gasteiger partial charge in [-0.05, 0) is 19.4 Å². The van der Waals surface area contributed by atoms with Gasteiger partial charge in [0, 0.05) is 12.3 Å². The highest BCUT2D eigenvalue weighted by atomic mass is 15.3. The second-order valence-corrected chi connectivity index (χ2v) is 4.53. The molecule has 0 amide bonds. The lowest BCUT2D eigenvalue weighted by molar-refractivity contribution is 0.665. The molecule has 16 heavy (non-hydrogen) atoms. The van der Waals surface area contributed by atoms with E-state index in [4.69, 9.17) is 5.73 Å². The Morgan fingerprint density at radius 1 is 1.38 bits per heavy atom. The van der Waals surface area contributed by atoms with Crippen LogP contribution >= 0.6 is 0 Å². The molecule has 0 saturated heterocycles. The molecule has 3 rings (SSSR count). The molecule has 2 heterocycles. The van der Waals surface area contributed by atoms with E-state index in [0.29, 0.717) is 12.5 Å². The molecular weight excluding hydrogens is 202 g/mol. The second-order valence-electron chi connectivity index (χ2n) is 4.53. The van der Waals surface area contributed by atoms with Crippen molar-refractivity contribution >= 4 is 5.78 Å². The minimum atomic E-state index is 0.611. The lowest BCUT2D eigenvalue weighted by Gasteiger charge is -2.02. The van der Waals surface area contributed by atoms with Crippen LogP contribution in [0, 0.1) is 0 Å². The molecule has 0 atom stereocenters. The van der Waals surface area contributed by atoms with Gasteiger partial charge in [-0.3, -0.25) is 5.10 Å². The molecule has 86 valence electrons. The summed E-state index contributed by atoms with van der Waals surface area (Å²) < 4.78 is 1.92. The lowest BCUT2D eigenvalue weighted by atomic mass is 10.1. The Hall–Kier alpha value is -1.36. The second kappa shape index (κ2) is 3.90. The quantitative estimate of drug-likeness (QED) is 0.815. The number of aromatic amines is 1. The molecule has 3 N–H and O–H groups in total. The summed E-state index contributed by atoms with van der Waals surface area (Å²) in [4.78, 5) is 8.99. The van der Waals surface area contributed by atoms with E-state index in [1.54, 1.807) is 0 Å². The maximum atomic E-state index is 5.50. The van der Waals surface area contributed by atoms with Crippen LogP contribution in [0.5, 0.6) is 0 Å². The molecule has 5 nitrogen and oxygen atoms in total. The van der Waals surface area contributed by atoms with Crippen molar-refractivity contribution in [2.24, 2.45) is 5.73 Å². The molecule has 2 aromatic heterocycles. The third-order valence-corrected chi connectivity index (χ3v) is 3.33. The van der Waals surface area contributed by atoms with E-state index < -0.39 is 0 Å². The first-order valence-corrected chi connectivity index (χ1v) is 6.01. The van der Waals surface area contributed by atoms with Gasteiger partial charge in [-0.15, -0.1) is 0 Å². The van der Waals surface area contributed by atoms with Gasteiger partial charge >= 0.3 is 0 Å². The number of hydrogen-bond donors (Lipinski definition) is 2. The largest absolute Gasteiger partial charge is 0.330 e. The third-order valence-electron chi connectivity index (χ3n) is 3.33. The van der Waals surface area contributed by atoms with Crippen molar-refractivity contribution in [1.29, 1.82) is 0 Å². The van der Waals surface area contributed by atoms with E-state index in [2.05, 4.69) is 15.1 Å². The van der Waals surface area contributed by atoms with Gasteiger partial charge in [0.15, 0.2) is 0 Å². The van der Waals surface area contributed by atoms with Crippen LogP contribution in [0.1, 0.15) is 43.1 Å². The number of aromatic nitrogens is 4. The van der Waals surface area contributed by atoms with E-state index >= 15 is 0 Å². The van der Waals surface area contributed by atoms with E-state index in [1.807, 2.05) is 10.7 Å². The molecule has 1 fully saturated rings. The Bertz CT molecular complexity index is 446. The monoisotopic (exact) mass is 219 g/mol. The number of nitrogens with zero attached hydrogens (tertiary/aromatic N) is 3. The van der Waals surface area contributed by atoms with Gasteiger partial charge in [-0.1, -0.05) is 12.8 Å². The predicted octanol–water partition coefficient (Wildman–Crippen LogP) is 1.22. The summed E-state index contributed by atoms with van der Waals surface area (Å²) in [7, 11) is 0. The van der Waals surface area contributed by atoms with Crippen LogP contribution in [0.2, 0.25) is 0 Å². The number of hydrogen-bond acceptors (Lipinski definition) is 3. The Kier molecular flexibility index (Phi) is 2.40. The van der Waals surface area contributed by atoms with E-state index in [-0.39, 0.29) is 0 Å². The summed E-state index contributed by atoms with van der Waals surface area (Å²) in [5, 5.41) is 3.32. The highest BCUT2D eigenvalue weighted by Crippen LogP contribution is 2.32. The predicted molar refractivity (Wildman–Crippen MR) is 61.3 cm³/mol. The first-order chi connectivity index (χ1) is 7.86. The van der Waals surface area contributed by atoms with Crippen molar-refractivity contribution in [2.75, 3.05) is 6.54 Å². The molecule has 0 spiro atoms. The Labute approximate surface area is 94.1 Å². The van der Waals surface area contributed by atoms with Crippen molar-refractivity contribution in [3.8, 4) is 0 Å². The molecule has 0 aromatic carbocycles. The van der Waals surface area contributed by atoms with Crippen LogP contribution in [0.3, 0.4) is 0 Å². The Morgan fingerprint density at radius 3 is 2.88 bits per heavy atom. The van der Waals surface area contributed by atoms with Gasteiger partial charge in [-0.25, -0.2) is 9.50 Å². The highest BCUT2D eigenvalue weighted by Gasteiger charge is 2.20. The highest BCUT2D eigenvalue weighted by molar-refractivity contribution is 5.30. The number of fused-ring (bicyclic) bond motifs is 1. The maximum absolute atomic E-state index is 5.50. The van der Waals surface area contributed by atoms with Crippen LogP contribution in [0.15, 0.2) is 6.20 Å². The number of H-pyrrole nitrogens is 1. The van der Waals surface area contributed by atoms with Gasteiger partial charge < -0.3 is 5.73 Å². The molecule has 0 aliphatic heterocycles. The van der Waals surface area contributed by atoms with E-state index in [1.165, 1.54) is 25.7 Å². The summed E-state index contributed by atoms with van der Waals surface area (Å²) >= 11 is 0. The van der Waals surface area contributed by atoms with Crippen molar-refractivity contribution in [1.82, 2.24) is 19.6 Å². The van der Waals surface area contributed by atoms with Crippen LogP contribution in [0.25, 0.3) is 5.78 Å². The zero-order valence-electron chi connectivity index (χ0n) is 9.32. The molecule has 0 bridgehead atoms. The Balaban J connectivity index is 1.89. The summed E-state index contributed by atoms with van der Waals surface area (Å²) in [6, 6.07) is 0. The molecule has 1 aliphatic carbocycles. The van der Waals surface area contributed by atoms with Gasteiger partial charge in [0.25, 0.3) is 5.78 Å². The number of imidazole rings is 1. The van der Waals surface area contributed by atoms with Crippen molar-refractivity contribution in [3.63, 3.8) is 0 Å². The lowest BCUT2D eigenvalue weighted by Crippen LogP contribution is -2.03. The van der Waals surface area contributed by atoms with E-state index in [9.17, 15) is 0 Å². The first kappa shape index (κ1) is 9.84. The van der Waals surface area contributed by atoms with Crippen molar-refractivity contribution in [2.45, 2.75) is 38.0 Å². The molecule has 2 aromatic rings. The normalized spacial score (nSPS) is 17.6. The third kappa shape index (κ3) is 1.61. The maximum Gasteiger partial charge on any atom is 0.250 e. The van der Waals surface area contributed by atoms with Gasteiger partial charge in [-0.2, -0.15) is 4.98 Å². The standard InChI is InChI=1S/C11H17N5/c12-6-5-9-7-16-11(13-9)14-10(15-16)8-3-1-2-4-8/h7-8H,1-6,12H2,(H,13,14,15). The molecule has 0 unspecified atom stereocenters. The van der Waals surface area contributed by atoms with Crippen LogP contribution < -0.4 is 5.73 Å². The SMILES string of the molecule is NCCc1cn2[nH]c(C3CCCC3)nc2n1. The molecule has 1 saturated carbocycles. The van der Waals surface area contributed by atoms with Gasteiger partial charge in [0.1, 0.15) is 5.82 Å². The molecular formula is C11H17N5. The fourth-order valence-corrected chi connectivity index (χ4v) is 2.49. The van der Waals surface area contributed by atoms with Gasteiger partial charge in [0.2, 0.25) is 0 Å². The van der Waals surface area contributed by atoms with E-state index in [0.717, 1.165) is 23.7 Å². The van der Waals surface area contributed by atoms with Crippen molar-refractivity contribution in [3.05, 3.63) is 17.7 Å². The fourth-order valence-electron chi connectivity index (χ4n) is 2.49. The number of nitrogens with one attached hydrogen (secondary N) is 1. The molecule has 0 radical (unpaired) electrons. The zero-order valence-corrected chi connectivity index (χ0v) is 9.32. The molecule has 5 heteroatoms.